The third-order valence-corrected chi connectivity index (χ3v) is 5.46. The molecule has 0 aliphatic rings. The lowest BCUT2D eigenvalue weighted by molar-refractivity contribution is -0.0191. The SMILES string of the molecule is CCOc1ccc(S(=O)OC(=[N+]=[N-])S(=O)Oc2ccc(OS(=O)OC)cc2)cc1. The van der Waals surface area contributed by atoms with Crippen LogP contribution in [0.25, 0.3) is 5.53 Å². The zero-order chi connectivity index (χ0) is 21.2. The van der Waals surface area contributed by atoms with Crippen molar-refractivity contribution >= 4 is 38.8 Å². The van der Waals surface area contributed by atoms with Crippen LogP contribution in [0, 0.1) is 0 Å². The third kappa shape index (κ3) is 7.07. The summed E-state index contributed by atoms with van der Waals surface area (Å²) < 4.78 is 60.2. The zero-order valence-electron chi connectivity index (χ0n) is 15.2. The minimum absolute atomic E-state index is 0.0930. The molecule has 0 aliphatic heterocycles. The molecule has 0 aromatic heterocycles. The largest absolute Gasteiger partial charge is 0.596 e. The van der Waals surface area contributed by atoms with E-state index < -0.39 is 38.8 Å². The topological polar surface area (TPSA) is 134 Å². The molecule has 0 aliphatic carbocycles. The third-order valence-electron chi connectivity index (χ3n) is 2.99. The van der Waals surface area contributed by atoms with E-state index in [1.807, 2.05) is 6.92 Å². The summed E-state index contributed by atoms with van der Waals surface area (Å²) in [7, 11) is 1.21. The number of rotatable bonds is 9. The van der Waals surface area contributed by atoms with Crippen LogP contribution in [0.5, 0.6) is 17.2 Å². The van der Waals surface area contributed by atoms with E-state index in [-0.39, 0.29) is 16.4 Å². The Balaban J connectivity index is 1.98. The second kappa shape index (κ2) is 11.4. The molecule has 0 spiro atoms. The van der Waals surface area contributed by atoms with Crippen molar-refractivity contribution in [3.05, 3.63) is 54.1 Å². The van der Waals surface area contributed by atoms with Gasteiger partial charge in [-0.1, -0.05) is 0 Å². The predicted octanol–water partition coefficient (Wildman–Crippen LogP) is 2.06. The van der Waals surface area contributed by atoms with Crippen LogP contribution in [0.4, 0.5) is 0 Å². The molecular formula is C16H16N2O8S3. The number of hydrogen-bond donors (Lipinski definition) is 0. The standard InChI is InChI=1S/C16H16N2O8S3/c1-3-23-12-8-10-15(11-9-12)27(19)26-16(18-17)28(20)24-13-4-6-14(7-5-13)25-29(21)22-2/h4-11H,3H2,1-2H3. The van der Waals surface area contributed by atoms with Crippen LogP contribution in [-0.4, -0.2) is 36.4 Å². The lowest BCUT2D eigenvalue weighted by Crippen LogP contribution is -2.19. The highest BCUT2D eigenvalue weighted by Crippen LogP contribution is 2.20. The Morgan fingerprint density at radius 2 is 1.48 bits per heavy atom. The van der Waals surface area contributed by atoms with Crippen molar-refractivity contribution in [3.63, 3.8) is 0 Å². The van der Waals surface area contributed by atoms with Gasteiger partial charge in [0.2, 0.25) is 11.1 Å². The number of ether oxygens (including phenoxy) is 1. The minimum Gasteiger partial charge on any atom is -0.494 e. The Morgan fingerprint density at radius 3 is 2.00 bits per heavy atom. The molecule has 29 heavy (non-hydrogen) atoms. The lowest BCUT2D eigenvalue weighted by Gasteiger charge is -2.05. The van der Waals surface area contributed by atoms with Gasteiger partial charge in [0.05, 0.1) is 18.6 Å². The molecule has 0 radical (unpaired) electrons. The fourth-order valence-electron chi connectivity index (χ4n) is 1.79. The molecular weight excluding hydrogens is 444 g/mol. The summed E-state index contributed by atoms with van der Waals surface area (Å²) in [6.07, 6.45) is 0. The monoisotopic (exact) mass is 460 g/mol. The van der Waals surface area contributed by atoms with Crippen molar-refractivity contribution in [2.45, 2.75) is 11.8 Å². The molecule has 0 amide bonds. The second-order valence-corrected chi connectivity index (χ2v) is 7.83. The maximum absolute atomic E-state index is 12.2. The highest BCUT2D eigenvalue weighted by atomic mass is 32.2. The van der Waals surface area contributed by atoms with E-state index in [1.54, 1.807) is 12.1 Å². The summed E-state index contributed by atoms with van der Waals surface area (Å²) in [5.74, 6) is 0.890. The van der Waals surface area contributed by atoms with Crippen LogP contribution >= 0.6 is 0 Å². The Hall–Kier alpha value is -2.57. The van der Waals surface area contributed by atoms with Gasteiger partial charge in [-0.2, -0.15) is 8.42 Å². The first-order valence-corrected chi connectivity index (χ1v) is 11.0. The molecule has 2 aromatic rings. The van der Waals surface area contributed by atoms with Gasteiger partial charge in [-0.15, -0.1) is 4.79 Å². The first kappa shape index (κ1) is 22.7. The number of hydrogen-bond acceptors (Lipinski definition) is 8. The van der Waals surface area contributed by atoms with Crippen LogP contribution in [0.15, 0.2) is 53.4 Å². The van der Waals surface area contributed by atoms with E-state index in [0.29, 0.717) is 12.4 Å². The van der Waals surface area contributed by atoms with E-state index in [0.717, 1.165) is 0 Å². The lowest BCUT2D eigenvalue weighted by atomic mass is 10.3. The van der Waals surface area contributed by atoms with E-state index >= 15 is 0 Å². The smallest absolute Gasteiger partial charge is 0.494 e. The molecule has 13 heteroatoms. The van der Waals surface area contributed by atoms with Crippen molar-refractivity contribution in [3.8, 4) is 17.2 Å². The van der Waals surface area contributed by atoms with E-state index in [4.69, 9.17) is 22.8 Å². The van der Waals surface area contributed by atoms with Gasteiger partial charge in [0.15, 0.2) is 0 Å². The quantitative estimate of drug-likeness (QED) is 0.240. The normalized spacial score (nSPS) is 13.4. The number of benzene rings is 2. The Labute approximate surface area is 174 Å². The van der Waals surface area contributed by atoms with Crippen LogP contribution in [0.1, 0.15) is 6.92 Å². The molecule has 0 saturated heterocycles. The summed E-state index contributed by atoms with van der Waals surface area (Å²) in [6, 6.07) is 11.6. The van der Waals surface area contributed by atoms with Crippen molar-refractivity contribution in [2.75, 3.05) is 13.7 Å². The van der Waals surface area contributed by atoms with Gasteiger partial charge < -0.3 is 22.8 Å². The van der Waals surface area contributed by atoms with E-state index in [2.05, 4.69) is 8.97 Å². The van der Waals surface area contributed by atoms with Crippen molar-refractivity contribution in [1.82, 2.24) is 0 Å². The molecule has 2 rings (SSSR count). The van der Waals surface area contributed by atoms with Crippen LogP contribution < -0.4 is 13.1 Å². The maximum Gasteiger partial charge on any atom is 0.596 e. The first-order valence-electron chi connectivity index (χ1n) is 7.86. The molecule has 0 saturated carbocycles. The summed E-state index contributed by atoms with van der Waals surface area (Å²) >= 11 is -6.44. The minimum atomic E-state index is -2.40. The summed E-state index contributed by atoms with van der Waals surface area (Å²) in [5.41, 5.74) is 9.02. The van der Waals surface area contributed by atoms with Crippen LogP contribution in [0.3, 0.4) is 0 Å². The Morgan fingerprint density at radius 1 is 0.931 bits per heavy atom. The fraction of sp³-hybridized carbons (Fsp3) is 0.188. The molecule has 0 bridgehead atoms. The second-order valence-electron chi connectivity index (χ2n) is 4.83. The highest BCUT2D eigenvalue weighted by molar-refractivity contribution is 7.97. The van der Waals surface area contributed by atoms with Gasteiger partial charge in [-0.3, -0.25) is 4.18 Å². The summed E-state index contributed by atoms with van der Waals surface area (Å²) in [4.78, 5) is 2.97. The summed E-state index contributed by atoms with van der Waals surface area (Å²) in [6.45, 7) is 2.31. The molecule has 3 unspecified atom stereocenters. The van der Waals surface area contributed by atoms with Crippen molar-refractivity contribution in [1.29, 1.82) is 0 Å². The molecule has 2 aromatic carbocycles. The average molecular weight is 461 g/mol. The van der Waals surface area contributed by atoms with Crippen molar-refractivity contribution < 1.29 is 38.9 Å². The zero-order valence-corrected chi connectivity index (χ0v) is 17.7. The Kier molecular flexibility index (Phi) is 8.96. The van der Waals surface area contributed by atoms with Gasteiger partial charge in [0.1, 0.15) is 17.2 Å². The van der Waals surface area contributed by atoms with Gasteiger partial charge in [-0.25, -0.2) is 4.21 Å². The molecule has 0 fully saturated rings. The van der Waals surface area contributed by atoms with Crippen LogP contribution in [0.2, 0.25) is 0 Å². The number of nitrogens with zero attached hydrogens (tertiary/aromatic N) is 2. The van der Waals surface area contributed by atoms with Gasteiger partial charge >= 0.3 is 27.7 Å². The maximum atomic E-state index is 12.2. The van der Waals surface area contributed by atoms with Gasteiger partial charge in [0, 0.05) is 0 Å². The Bertz CT molecular complexity index is 944. The summed E-state index contributed by atoms with van der Waals surface area (Å²) in [5, 5.41) is -0.793. The predicted molar refractivity (Wildman–Crippen MR) is 105 cm³/mol. The average Bonchev–Trinajstić information content (AvgIpc) is 2.73. The van der Waals surface area contributed by atoms with Gasteiger partial charge in [-0.05, 0) is 55.5 Å². The molecule has 0 heterocycles. The van der Waals surface area contributed by atoms with Gasteiger partial charge in [0.25, 0.3) is 0 Å². The van der Waals surface area contributed by atoms with E-state index in [1.165, 1.54) is 43.5 Å². The highest BCUT2D eigenvalue weighted by Gasteiger charge is 2.27. The molecule has 0 N–H and O–H groups in total. The van der Waals surface area contributed by atoms with Crippen LogP contribution in [-0.2, 0) is 41.9 Å². The molecule has 3 atom stereocenters. The first-order chi connectivity index (χ1) is 14.0. The molecule has 10 nitrogen and oxygen atoms in total. The van der Waals surface area contributed by atoms with E-state index in [9.17, 15) is 12.6 Å². The fourth-order valence-corrected chi connectivity index (χ4v) is 3.58. The van der Waals surface area contributed by atoms with Crippen molar-refractivity contribution in [2.24, 2.45) is 0 Å². The molecule has 156 valence electrons.